The van der Waals surface area contributed by atoms with Gasteiger partial charge in [0.05, 0.1) is 22.0 Å². The number of aromatic nitrogens is 1. The number of sulfonamides is 1. The van der Waals surface area contributed by atoms with E-state index in [1.54, 1.807) is 18.4 Å². The highest BCUT2D eigenvalue weighted by molar-refractivity contribution is 7.89. The Labute approximate surface area is 168 Å². The van der Waals surface area contributed by atoms with Crippen molar-refractivity contribution in [1.29, 1.82) is 0 Å². The molecule has 152 valence electrons. The predicted molar refractivity (Wildman–Crippen MR) is 107 cm³/mol. The second kappa shape index (κ2) is 8.80. The third kappa shape index (κ3) is 5.37. The topological polar surface area (TPSA) is 106 Å². The Morgan fingerprint density at radius 2 is 1.96 bits per heavy atom. The van der Waals surface area contributed by atoms with Crippen LogP contribution in [-0.4, -0.2) is 49.8 Å². The molecule has 1 heterocycles. The first-order valence-electron chi connectivity index (χ1n) is 8.45. The number of aryl methyl sites for hydroxylation is 2. The normalized spacial score (nSPS) is 12.6. The van der Waals surface area contributed by atoms with E-state index < -0.39 is 28.0 Å². The van der Waals surface area contributed by atoms with Crippen LogP contribution in [0.4, 0.5) is 5.69 Å². The van der Waals surface area contributed by atoms with E-state index in [1.165, 1.54) is 44.5 Å². The van der Waals surface area contributed by atoms with Gasteiger partial charge in [0.15, 0.2) is 6.10 Å². The molecule has 0 aliphatic rings. The number of hydrogen-bond acceptors (Lipinski definition) is 7. The number of carbonyl (C=O) groups is 2. The van der Waals surface area contributed by atoms with Crippen molar-refractivity contribution in [3.63, 3.8) is 0 Å². The number of carbonyl (C=O) groups excluding carboxylic acids is 2. The van der Waals surface area contributed by atoms with Crippen molar-refractivity contribution in [3.05, 3.63) is 39.8 Å². The van der Waals surface area contributed by atoms with Crippen LogP contribution in [0.2, 0.25) is 0 Å². The van der Waals surface area contributed by atoms with Gasteiger partial charge in [0.2, 0.25) is 10.0 Å². The number of benzene rings is 1. The van der Waals surface area contributed by atoms with Crippen LogP contribution >= 0.6 is 11.3 Å². The Morgan fingerprint density at radius 1 is 1.29 bits per heavy atom. The second-order valence-electron chi connectivity index (χ2n) is 6.42. The maximum atomic E-state index is 12.4. The molecule has 0 aliphatic heterocycles. The van der Waals surface area contributed by atoms with E-state index in [9.17, 15) is 18.0 Å². The minimum Gasteiger partial charge on any atom is -0.452 e. The number of rotatable bonds is 7. The molecule has 0 bridgehead atoms. The molecule has 0 aliphatic carbocycles. The number of hydrogen-bond donors (Lipinski definition) is 1. The Balaban J connectivity index is 2.06. The van der Waals surface area contributed by atoms with E-state index in [-0.39, 0.29) is 11.3 Å². The third-order valence-corrected chi connectivity index (χ3v) is 6.55. The standard InChI is InChI=1S/C18H23N3O5S2/c1-11-6-7-15(28(24,25)21(4)5)9-16(11)20-18(23)12(2)26-17(22)8-14-10-27-13(3)19-14/h6-7,9-10,12H,8H2,1-5H3,(H,20,23). The first-order chi connectivity index (χ1) is 13.0. The number of thiazole rings is 1. The van der Waals surface area contributed by atoms with Gasteiger partial charge < -0.3 is 10.1 Å². The molecule has 1 amide bonds. The minimum atomic E-state index is -3.63. The molecule has 10 heteroatoms. The molecule has 0 radical (unpaired) electrons. The number of nitrogens with one attached hydrogen (secondary N) is 1. The number of nitrogens with zero attached hydrogens (tertiary/aromatic N) is 2. The van der Waals surface area contributed by atoms with Crippen LogP contribution < -0.4 is 5.32 Å². The van der Waals surface area contributed by atoms with E-state index in [4.69, 9.17) is 4.74 Å². The first-order valence-corrected chi connectivity index (χ1v) is 10.8. The SMILES string of the molecule is Cc1nc(CC(=O)OC(C)C(=O)Nc2cc(S(=O)(=O)N(C)C)ccc2C)cs1. The molecule has 0 saturated carbocycles. The van der Waals surface area contributed by atoms with E-state index in [0.717, 1.165) is 9.31 Å². The Hall–Kier alpha value is -2.30. The quantitative estimate of drug-likeness (QED) is 0.681. The van der Waals surface area contributed by atoms with E-state index in [1.807, 2.05) is 6.92 Å². The van der Waals surface area contributed by atoms with Crippen LogP contribution in [0.15, 0.2) is 28.5 Å². The summed E-state index contributed by atoms with van der Waals surface area (Å²) in [6.07, 6.45) is -1.06. The van der Waals surface area contributed by atoms with Crippen molar-refractivity contribution in [2.24, 2.45) is 0 Å². The summed E-state index contributed by atoms with van der Waals surface area (Å²) >= 11 is 1.43. The molecule has 0 saturated heterocycles. The largest absolute Gasteiger partial charge is 0.452 e. The highest BCUT2D eigenvalue weighted by atomic mass is 32.2. The highest BCUT2D eigenvalue weighted by Crippen LogP contribution is 2.22. The van der Waals surface area contributed by atoms with Gasteiger partial charge >= 0.3 is 5.97 Å². The lowest BCUT2D eigenvalue weighted by atomic mass is 10.2. The van der Waals surface area contributed by atoms with Crippen molar-refractivity contribution < 1.29 is 22.7 Å². The van der Waals surface area contributed by atoms with Crippen LogP contribution in [0.5, 0.6) is 0 Å². The molecule has 1 aromatic carbocycles. The maximum absolute atomic E-state index is 12.4. The molecule has 1 atom stereocenters. The van der Waals surface area contributed by atoms with Gasteiger partial charge in [0.1, 0.15) is 0 Å². The fourth-order valence-electron chi connectivity index (χ4n) is 2.27. The lowest BCUT2D eigenvalue weighted by Crippen LogP contribution is -2.31. The van der Waals surface area contributed by atoms with Crippen LogP contribution in [0.1, 0.15) is 23.2 Å². The summed E-state index contributed by atoms with van der Waals surface area (Å²) in [6, 6.07) is 4.46. The maximum Gasteiger partial charge on any atom is 0.312 e. The van der Waals surface area contributed by atoms with Crippen molar-refractivity contribution in [2.45, 2.75) is 38.2 Å². The van der Waals surface area contributed by atoms with E-state index in [2.05, 4.69) is 10.3 Å². The summed E-state index contributed by atoms with van der Waals surface area (Å²) in [6.45, 7) is 5.03. The number of esters is 1. The van der Waals surface area contributed by atoms with E-state index in [0.29, 0.717) is 16.9 Å². The molecule has 1 unspecified atom stereocenters. The lowest BCUT2D eigenvalue weighted by molar-refractivity contribution is -0.152. The molecular weight excluding hydrogens is 402 g/mol. The lowest BCUT2D eigenvalue weighted by Gasteiger charge is -2.16. The number of anilines is 1. The summed E-state index contributed by atoms with van der Waals surface area (Å²) < 4.78 is 30.8. The molecule has 1 aromatic heterocycles. The van der Waals surface area contributed by atoms with Gasteiger partial charge in [-0.1, -0.05) is 6.07 Å². The van der Waals surface area contributed by atoms with Crippen molar-refractivity contribution in [1.82, 2.24) is 9.29 Å². The van der Waals surface area contributed by atoms with Gasteiger partial charge in [-0.3, -0.25) is 9.59 Å². The second-order valence-corrected chi connectivity index (χ2v) is 9.63. The van der Waals surface area contributed by atoms with Crippen LogP contribution in [-0.2, 0) is 30.8 Å². The van der Waals surface area contributed by atoms with Crippen LogP contribution in [0.3, 0.4) is 0 Å². The van der Waals surface area contributed by atoms with Crippen molar-refractivity contribution in [2.75, 3.05) is 19.4 Å². The van der Waals surface area contributed by atoms with Gasteiger partial charge in [-0.2, -0.15) is 0 Å². The van der Waals surface area contributed by atoms with Crippen molar-refractivity contribution >= 4 is 38.9 Å². The summed E-state index contributed by atoms with van der Waals surface area (Å²) in [5, 5.41) is 5.23. The Kier molecular flexibility index (Phi) is 6.91. The van der Waals surface area contributed by atoms with Gasteiger partial charge in [-0.15, -0.1) is 11.3 Å². The smallest absolute Gasteiger partial charge is 0.312 e. The van der Waals surface area contributed by atoms with Gasteiger partial charge in [0.25, 0.3) is 5.91 Å². The third-order valence-electron chi connectivity index (χ3n) is 3.91. The molecule has 28 heavy (non-hydrogen) atoms. The zero-order chi connectivity index (χ0) is 21.1. The summed E-state index contributed by atoms with van der Waals surface area (Å²) in [4.78, 5) is 28.6. The van der Waals surface area contributed by atoms with Crippen LogP contribution in [0.25, 0.3) is 0 Å². The fourth-order valence-corrected chi connectivity index (χ4v) is 3.81. The van der Waals surface area contributed by atoms with Crippen molar-refractivity contribution in [3.8, 4) is 0 Å². The van der Waals surface area contributed by atoms with Gasteiger partial charge in [-0.25, -0.2) is 17.7 Å². The molecule has 8 nitrogen and oxygen atoms in total. The van der Waals surface area contributed by atoms with Gasteiger partial charge in [0, 0.05) is 25.2 Å². The Morgan fingerprint density at radius 3 is 2.54 bits per heavy atom. The zero-order valence-electron chi connectivity index (χ0n) is 16.3. The first kappa shape index (κ1) is 22.0. The summed E-state index contributed by atoms with van der Waals surface area (Å²) in [5.74, 6) is -1.11. The minimum absolute atomic E-state index is 0.0163. The average Bonchev–Trinajstić information content (AvgIpc) is 3.00. The Bertz CT molecular complexity index is 983. The summed E-state index contributed by atoms with van der Waals surface area (Å²) in [5.41, 5.74) is 1.62. The number of amides is 1. The summed E-state index contributed by atoms with van der Waals surface area (Å²) in [7, 11) is -0.774. The monoisotopic (exact) mass is 425 g/mol. The average molecular weight is 426 g/mol. The number of ether oxygens (including phenoxy) is 1. The predicted octanol–water partition coefficient (Wildman–Crippen LogP) is 2.12. The molecule has 0 spiro atoms. The molecule has 1 N–H and O–H groups in total. The molecular formula is C18H23N3O5S2. The molecule has 2 rings (SSSR count). The molecule has 0 fully saturated rings. The zero-order valence-corrected chi connectivity index (χ0v) is 18.0. The highest BCUT2D eigenvalue weighted by Gasteiger charge is 2.22. The van der Waals surface area contributed by atoms with E-state index >= 15 is 0 Å². The van der Waals surface area contributed by atoms with Gasteiger partial charge in [-0.05, 0) is 38.5 Å². The fraction of sp³-hybridized carbons (Fsp3) is 0.389. The van der Waals surface area contributed by atoms with Crippen LogP contribution in [0, 0.1) is 13.8 Å². The molecule has 2 aromatic rings.